The summed E-state index contributed by atoms with van der Waals surface area (Å²) in [7, 11) is 0. The second-order valence-electron chi connectivity index (χ2n) is 7.58. The van der Waals surface area contributed by atoms with Gasteiger partial charge in [-0.25, -0.2) is 0 Å². The molecule has 1 aromatic rings. The van der Waals surface area contributed by atoms with E-state index in [2.05, 4.69) is 4.90 Å². The van der Waals surface area contributed by atoms with E-state index in [1.807, 2.05) is 6.07 Å². The van der Waals surface area contributed by atoms with Gasteiger partial charge < -0.3 is 14.1 Å². The van der Waals surface area contributed by atoms with Gasteiger partial charge in [0.15, 0.2) is 5.88 Å². The van der Waals surface area contributed by atoms with Gasteiger partial charge in [-0.15, -0.1) is 0 Å². The normalized spacial score (nSPS) is 19.9. The molecule has 0 N–H and O–H groups in total. The molecule has 0 saturated carbocycles. The molecule has 2 aliphatic heterocycles. The Bertz CT molecular complexity index is 771. The third-order valence-corrected chi connectivity index (χ3v) is 5.04. The number of esters is 1. The molecule has 2 fully saturated rings. The number of carbonyl (C=O) groups excluding carboxylic acids is 3. The van der Waals surface area contributed by atoms with E-state index in [-0.39, 0.29) is 4.91 Å². The van der Waals surface area contributed by atoms with Crippen LogP contribution < -0.4 is 4.90 Å². The predicted molar refractivity (Wildman–Crippen MR) is 103 cm³/mol. The molecule has 2 saturated heterocycles. The van der Waals surface area contributed by atoms with Crippen LogP contribution in [0, 0.1) is 0 Å². The average molecular weight is 392 g/mol. The zero-order valence-corrected chi connectivity index (χ0v) is 16.6. The van der Waals surface area contributed by atoms with Gasteiger partial charge in [-0.2, -0.15) is 0 Å². The molecule has 0 radical (unpaired) electrons. The van der Waals surface area contributed by atoms with Crippen molar-refractivity contribution in [3.8, 4) is 0 Å². The molecular weight excluding hydrogens is 368 g/mol. The summed E-state index contributed by atoms with van der Waals surface area (Å²) in [6, 6.07) is 3.66. The van der Waals surface area contributed by atoms with Gasteiger partial charge in [0.2, 0.25) is 0 Å². The lowest BCUT2D eigenvalue weighted by molar-refractivity contribution is -0.156. The fourth-order valence-electron chi connectivity index (χ4n) is 2.97. The fraction of sp³-hybridized carbons (Fsp3) is 0.526. The molecule has 7 nitrogen and oxygen atoms in total. The van der Waals surface area contributed by atoms with Crippen molar-refractivity contribution in [3.05, 3.63) is 22.8 Å². The van der Waals surface area contributed by atoms with Crippen molar-refractivity contribution in [3.63, 3.8) is 0 Å². The number of nitrogens with zero attached hydrogens (tertiary/aromatic N) is 2. The summed E-state index contributed by atoms with van der Waals surface area (Å²) in [6.07, 6.45) is 5.06. The van der Waals surface area contributed by atoms with E-state index in [1.165, 1.54) is 6.42 Å². The lowest BCUT2D eigenvalue weighted by Gasteiger charge is -2.25. The Hall–Kier alpha value is -2.22. The first-order chi connectivity index (χ1) is 12.7. The third-order valence-electron chi connectivity index (χ3n) is 4.13. The molecular formula is C19H24N2O5S. The van der Waals surface area contributed by atoms with Crippen LogP contribution in [0.25, 0.3) is 6.08 Å². The van der Waals surface area contributed by atoms with E-state index in [9.17, 15) is 14.4 Å². The number of carbonyl (C=O) groups is 3. The number of rotatable bonds is 4. The SMILES string of the molecule is CC(C)(C)OC(=O)CN1C(=O)S/C(=C/c2ccc(N3CCCCC3)o2)C1=O. The monoisotopic (exact) mass is 392 g/mol. The van der Waals surface area contributed by atoms with E-state index in [4.69, 9.17) is 9.15 Å². The Labute approximate surface area is 162 Å². The minimum Gasteiger partial charge on any atom is -0.459 e. The largest absolute Gasteiger partial charge is 0.459 e. The topological polar surface area (TPSA) is 80.1 Å². The zero-order valence-electron chi connectivity index (χ0n) is 15.8. The average Bonchev–Trinajstić information content (AvgIpc) is 3.15. The second kappa shape index (κ2) is 7.80. The number of piperidine rings is 1. The van der Waals surface area contributed by atoms with E-state index in [1.54, 1.807) is 32.9 Å². The van der Waals surface area contributed by atoms with Crippen LogP contribution in [-0.2, 0) is 14.3 Å². The van der Waals surface area contributed by atoms with Crippen LogP contribution in [-0.4, -0.2) is 47.3 Å². The minimum absolute atomic E-state index is 0.239. The van der Waals surface area contributed by atoms with E-state index < -0.39 is 29.3 Å². The van der Waals surface area contributed by atoms with Crippen molar-refractivity contribution >= 4 is 40.8 Å². The highest BCUT2D eigenvalue weighted by Gasteiger charge is 2.37. The maximum absolute atomic E-state index is 12.5. The number of thioether (sulfide) groups is 1. The van der Waals surface area contributed by atoms with Gasteiger partial charge in [0.05, 0.1) is 4.91 Å². The Balaban J connectivity index is 1.67. The molecule has 3 rings (SSSR count). The Morgan fingerprint density at radius 1 is 1.22 bits per heavy atom. The number of hydrogen-bond acceptors (Lipinski definition) is 7. The van der Waals surface area contributed by atoms with Crippen molar-refractivity contribution in [2.45, 2.75) is 45.6 Å². The van der Waals surface area contributed by atoms with Crippen molar-refractivity contribution in [2.24, 2.45) is 0 Å². The number of amides is 2. The highest BCUT2D eigenvalue weighted by Crippen LogP contribution is 2.33. The summed E-state index contributed by atoms with van der Waals surface area (Å²) in [6.45, 7) is 6.72. The summed E-state index contributed by atoms with van der Waals surface area (Å²) < 4.78 is 11.0. The fourth-order valence-corrected chi connectivity index (χ4v) is 3.79. The maximum Gasteiger partial charge on any atom is 0.326 e. The van der Waals surface area contributed by atoms with Crippen molar-refractivity contribution in [1.29, 1.82) is 0 Å². The minimum atomic E-state index is -0.673. The highest BCUT2D eigenvalue weighted by atomic mass is 32.2. The summed E-state index contributed by atoms with van der Waals surface area (Å²) >= 11 is 0.799. The van der Waals surface area contributed by atoms with Crippen LogP contribution in [0.5, 0.6) is 0 Å². The number of hydrogen-bond donors (Lipinski definition) is 0. The summed E-state index contributed by atoms with van der Waals surface area (Å²) in [5, 5.41) is -0.486. The molecule has 146 valence electrons. The Kier molecular flexibility index (Phi) is 5.64. The smallest absolute Gasteiger partial charge is 0.326 e. The van der Waals surface area contributed by atoms with Crippen molar-refractivity contribution < 1.29 is 23.5 Å². The molecule has 3 heterocycles. The molecule has 0 unspecified atom stereocenters. The first-order valence-corrected chi connectivity index (χ1v) is 9.86. The molecule has 27 heavy (non-hydrogen) atoms. The van der Waals surface area contributed by atoms with Gasteiger partial charge in [-0.3, -0.25) is 19.3 Å². The Morgan fingerprint density at radius 3 is 2.59 bits per heavy atom. The number of furan rings is 1. The van der Waals surface area contributed by atoms with Crippen LogP contribution in [0.1, 0.15) is 45.8 Å². The number of anilines is 1. The number of ether oxygens (including phenoxy) is 1. The van der Waals surface area contributed by atoms with Crippen LogP contribution in [0.3, 0.4) is 0 Å². The molecule has 0 bridgehead atoms. The van der Waals surface area contributed by atoms with Gasteiger partial charge in [0.1, 0.15) is 17.9 Å². The van der Waals surface area contributed by atoms with Gasteiger partial charge >= 0.3 is 5.97 Å². The molecule has 0 aliphatic carbocycles. The first-order valence-electron chi connectivity index (χ1n) is 9.05. The van der Waals surface area contributed by atoms with Crippen LogP contribution in [0.2, 0.25) is 0 Å². The molecule has 8 heteroatoms. The second-order valence-corrected chi connectivity index (χ2v) is 8.57. The quantitative estimate of drug-likeness (QED) is 0.571. The van der Waals surface area contributed by atoms with Gasteiger partial charge in [0.25, 0.3) is 11.1 Å². The molecule has 1 aromatic heterocycles. The first kappa shape index (κ1) is 19.5. The van der Waals surface area contributed by atoms with E-state index >= 15 is 0 Å². The lowest BCUT2D eigenvalue weighted by Crippen LogP contribution is -2.37. The number of imide groups is 1. The predicted octanol–water partition coefficient (Wildman–Crippen LogP) is 3.65. The zero-order chi connectivity index (χ0) is 19.6. The highest BCUT2D eigenvalue weighted by molar-refractivity contribution is 8.18. The van der Waals surface area contributed by atoms with Crippen molar-refractivity contribution in [2.75, 3.05) is 24.5 Å². The molecule has 0 aromatic carbocycles. The molecule has 0 atom stereocenters. The van der Waals surface area contributed by atoms with Gasteiger partial charge in [-0.1, -0.05) is 0 Å². The molecule has 2 aliphatic rings. The van der Waals surface area contributed by atoms with Crippen LogP contribution in [0.15, 0.2) is 21.5 Å². The van der Waals surface area contributed by atoms with Gasteiger partial charge in [0, 0.05) is 25.2 Å². The molecule has 2 amide bonds. The maximum atomic E-state index is 12.5. The van der Waals surface area contributed by atoms with Gasteiger partial charge in [-0.05, 0) is 57.9 Å². The van der Waals surface area contributed by atoms with Crippen LogP contribution >= 0.6 is 11.8 Å². The standard InChI is InChI=1S/C19H24N2O5S/c1-19(2,3)26-16(22)12-21-17(23)14(27-18(21)24)11-13-7-8-15(25-13)20-9-5-4-6-10-20/h7-8,11H,4-6,9-10,12H2,1-3H3/b14-11+. The van der Waals surface area contributed by atoms with Crippen LogP contribution in [0.4, 0.5) is 10.7 Å². The van der Waals surface area contributed by atoms with E-state index in [0.717, 1.165) is 48.5 Å². The summed E-state index contributed by atoms with van der Waals surface area (Å²) in [5.41, 5.74) is -0.673. The Morgan fingerprint density at radius 2 is 1.93 bits per heavy atom. The molecule has 0 spiro atoms. The third kappa shape index (κ3) is 4.94. The summed E-state index contributed by atoms with van der Waals surface area (Å²) in [5.74, 6) is 0.162. The van der Waals surface area contributed by atoms with Crippen molar-refractivity contribution in [1.82, 2.24) is 4.90 Å². The lowest BCUT2D eigenvalue weighted by atomic mass is 10.1. The summed E-state index contributed by atoms with van der Waals surface area (Å²) in [4.78, 5) is 39.9. The van der Waals surface area contributed by atoms with E-state index in [0.29, 0.717) is 5.76 Å².